The van der Waals surface area contributed by atoms with Gasteiger partial charge in [-0.05, 0) is 34.1 Å². The molecule has 0 aliphatic rings. The van der Waals surface area contributed by atoms with Crippen molar-refractivity contribution in [2.24, 2.45) is 10.9 Å². The van der Waals surface area contributed by atoms with Gasteiger partial charge in [-0.15, -0.1) is 11.3 Å². The fraction of sp³-hybridized carbons (Fsp3) is 0.154. The number of rotatable bonds is 4. The van der Waals surface area contributed by atoms with Crippen LogP contribution in [0.15, 0.2) is 39.4 Å². The number of amides is 1. The molecule has 2 rings (SSSR count). The zero-order chi connectivity index (χ0) is 15.4. The molecule has 0 aliphatic heterocycles. The van der Waals surface area contributed by atoms with E-state index in [-0.39, 0.29) is 11.7 Å². The van der Waals surface area contributed by atoms with E-state index < -0.39 is 0 Å². The third-order valence-electron chi connectivity index (χ3n) is 2.75. The van der Waals surface area contributed by atoms with Gasteiger partial charge >= 0.3 is 0 Å². The summed E-state index contributed by atoms with van der Waals surface area (Å²) in [5.74, 6) is -0.233. The molecular formula is C13H13BrN4O2S. The van der Waals surface area contributed by atoms with Crippen molar-refractivity contribution >= 4 is 39.0 Å². The molecule has 21 heavy (non-hydrogen) atoms. The first-order valence-electron chi connectivity index (χ1n) is 5.93. The van der Waals surface area contributed by atoms with E-state index in [0.717, 1.165) is 9.35 Å². The second-order valence-corrected chi connectivity index (χ2v) is 6.22. The first-order chi connectivity index (χ1) is 10.0. The number of halogens is 1. The Balaban J connectivity index is 2.08. The van der Waals surface area contributed by atoms with Crippen molar-refractivity contribution in [3.05, 3.63) is 50.4 Å². The van der Waals surface area contributed by atoms with Crippen LogP contribution in [-0.2, 0) is 6.54 Å². The van der Waals surface area contributed by atoms with Crippen molar-refractivity contribution in [1.29, 1.82) is 0 Å². The predicted molar refractivity (Wildman–Crippen MR) is 84.6 cm³/mol. The fourth-order valence-corrected chi connectivity index (χ4v) is 3.17. The number of hydrogen-bond donors (Lipinski definition) is 2. The number of oxime groups is 1. The van der Waals surface area contributed by atoms with E-state index >= 15 is 0 Å². The molecule has 0 aromatic carbocycles. The molecular weight excluding hydrogens is 356 g/mol. The molecule has 2 heterocycles. The van der Waals surface area contributed by atoms with Crippen molar-refractivity contribution in [3.8, 4) is 0 Å². The minimum absolute atomic E-state index is 0.0433. The van der Waals surface area contributed by atoms with E-state index in [9.17, 15) is 4.79 Å². The maximum Gasteiger partial charge on any atom is 0.272 e. The molecule has 0 fully saturated rings. The summed E-state index contributed by atoms with van der Waals surface area (Å²) >= 11 is 4.96. The summed E-state index contributed by atoms with van der Waals surface area (Å²) in [5, 5.41) is 13.4. The van der Waals surface area contributed by atoms with Crippen molar-refractivity contribution in [2.45, 2.75) is 6.54 Å². The number of pyridine rings is 1. The zero-order valence-electron chi connectivity index (χ0n) is 11.2. The molecule has 6 nitrogen and oxygen atoms in total. The minimum Gasteiger partial charge on any atom is -0.409 e. The number of nitrogens with two attached hydrogens (primary N) is 1. The third-order valence-corrected chi connectivity index (χ3v) is 4.43. The van der Waals surface area contributed by atoms with Gasteiger partial charge in [-0.1, -0.05) is 5.16 Å². The average molecular weight is 369 g/mol. The van der Waals surface area contributed by atoms with E-state index in [1.165, 1.54) is 6.20 Å². The highest BCUT2D eigenvalue weighted by molar-refractivity contribution is 9.10. The molecule has 0 saturated heterocycles. The monoisotopic (exact) mass is 368 g/mol. The van der Waals surface area contributed by atoms with Crippen LogP contribution in [0.2, 0.25) is 0 Å². The average Bonchev–Trinajstić information content (AvgIpc) is 2.90. The standard InChI is InChI=1S/C13H13BrN4O2S/c1-18(6-10-4-9(14)7-21-10)13(19)11-3-2-8(5-16-11)12(15)17-20/h2-5,7,20H,6H2,1H3,(H2,15,17). The van der Waals surface area contributed by atoms with E-state index in [1.807, 2.05) is 11.4 Å². The van der Waals surface area contributed by atoms with Crippen LogP contribution >= 0.6 is 27.3 Å². The molecule has 2 aromatic rings. The number of amidine groups is 1. The third kappa shape index (κ3) is 3.79. The molecule has 0 bridgehead atoms. The van der Waals surface area contributed by atoms with Crippen LogP contribution in [0.5, 0.6) is 0 Å². The number of carbonyl (C=O) groups is 1. The van der Waals surface area contributed by atoms with Crippen LogP contribution < -0.4 is 5.73 Å². The van der Waals surface area contributed by atoms with E-state index in [2.05, 4.69) is 26.1 Å². The number of carbonyl (C=O) groups excluding carboxylic acids is 1. The van der Waals surface area contributed by atoms with Crippen molar-refractivity contribution in [1.82, 2.24) is 9.88 Å². The maximum absolute atomic E-state index is 12.3. The Kier molecular flexibility index (Phi) is 4.92. The maximum atomic E-state index is 12.3. The highest BCUT2D eigenvalue weighted by Gasteiger charge is 2.14. The molecule has 3 N–H and O–H groups in total. The Morgan fingerprint density at radius 3 is 2.86 bits per heavy atom. The van der Waals surface area contributed by atoms with E-state index in [4.69, 9.17) is 10.9 Å². The summed E-state index contributed by atoms with van der Waals surface area (Å²) in [6.45, 7) is 0.513. The van der Waals surface area contributed by atoms with Gasteiger partial charge in [-0.2, -0.15) is 0 Å². The summed E-state index contributed by atoms with van der Waals surface area (Å²) in [6.07, 6.45) is 1.40. The molecule has 110 valence electrons. The van der Waals surface area contributed by atoms with Gasteiger partial charge in [-0.25, -0.2) is 0 Å². The first kappa shape index (κ1) is 15.5. The number of nitrogens with zero attached hydrogens (tertiary/aromatic N) is 3. The molecule has 1 amide bonds. The Labute approximate surface area is 134 Å². The Bertz CT molecular complexity index is 669. The highest BCUT2D eigenvalue weighted by atomic mass is 79.9. The summed E-state index contributed by atoms with van der Waals surface area (Å²) < 4.78 is 1.00. The van der Waals surface area contributed by atoms with Crippen molar-refractivity contribution < 1.29 is 10.0 Å². The van der Waals surface area contributed by atoms with Gasteiger partial charge in [0, 0.05) is 33.5 Å². The van der Waals surface area contributed by atoms with Crippen LogP contribution in [0.25, 0.3) is 0 Å². The van der Waals surface area contributed by atoms with Crippen LogP contribution in [0, 0.1) is 0 Å². The van der Waals surface area contributed by atoms with Gasteiger partial charge in [0.2, 0.25) is 0 Å². The van der Waals surface area contributed by atoms with Crippen LogP contribution in [0.3, 0.4) is 0 Å². The fourth-order valence-electron chi connectivity index (χ4n) is 1.67. The molecule has 0 unspecified atom stereocenters. The first-order valence-corrected chi connectivity index (χ1v) is 7.61. The largest absolute Gasteiger partial charge is 0.409 e. The van der Waals surface area contributed by atoms with Crippen LogP contribution in [-0.4, -0.2) is 33.9 Å². The normalized spacial score (nSPS) is 11.4. The second-order valence-electron chi connectivity index (χ2n) is 4.31. The smallest absolute Gasteiger partial charge is 0.272 e. The Morgan fingerprint density at radius 2 is 2.33 bits per heavy atom. The van der Waals surface area contributed by atoms with Crippen molar-refractivity contribution in [3.63, 3.8) is 0 Å². The van der Waals surface area contributed by atoms with Gasteiger partial charge in [0.25, 0.3) is 5.91 Å². The minimum atomic E-state index is -0.189. The molecule has 0 spiro atoms. The molecule has 0 radical (unpaired) electrons. The van der Waals surface area contributed by atoms with Gasteiger partial charge in [-0.3, -0.25) is 9.78 Å². The Morgan fingerprint density at radius 1 is 1.57 bits per heavy atom. The van der Waals surface area contributed by atoms with E-state index in [0.29, 0.717) is 17.8 Å². The predicted octanol–water partition coefficient (Wildman–Crippen LogP) is 2.27. The highest BCUT2D eigenvalue weighted by Crippen LogP contribution is 2.21. The van der Waals surface area contributed by atoms with E-state index in [1.54, 1.807) is 35.4 Å². The lowest BCUT2D eigenvalue weighted by Crippen LogP contribution is -2.26. The molecule has 2 aromatic heterocycles. The molecule has 0 aliphatic carbocycles. The summed E-state index contributed by atoms with van der Waals surface area (Å²) in [4.78, 5) is 19.0. The lowest BCUT2D eigenvalue weighted by Gasteiger charge is -2.15. The Hall–Kier alpha value is -1.93. The number of hydrogen-bond acceptors (Lipinski definition) is 5. The number of thiophene rings is 1. The molecule has 8 heteroatoms. The lowest BCUT2D eigenvalue weighted by atomic mass is 10.2. The van der Waals surface area contributed by atoms with Crippen LogP contribution in [0.1, 0.15) is 20.9 Å². The lowest BCUT2D eigenvalue weighted by molar-refractivity contribution is 0.0780. The summed E-state index contributed by atoms with van der Waals surface area (Å²) in [6, 6.07) is 5.12. The van der Waals surface area contributed by atoms with Gasteiger partial charge < -0.3 is 15.8 Å². The topological polar surface area (TPSA) is 91.8 Å². The van der Waals surface area contributed by atoms with Crippen LogP contribution in [0.4, 0.5) is 0 Å². The number of aromatic nitrogens is 1. The summed E-state index contributed by atoms with van der Waals surface area (Å²) in [5.41, 5.74) is 6.21. The summed E-state index contributed by atoms with van der Waals surface area (Å²) in [7, 11) is 1.72. The van der Waals surface area contributed by atoms with Gasteiger partial charge in [0.05, 0.1) is 6.54 Å². The quantitative estimate of drug-likeness (QED) is 0.374. The molecule has 0 saturated carbocycles. The zero-order valence-corrected chi connectivity index (χ0v) is 13.6. The SMILES string of the molecule is CN(Cc1cc(Br)cs1)C(=O)c1ccc(C(N)=NO)cn1. The van der Waals surface area contributed by atoms with Crippen molar-refractivity contribution in [2.75, 3.05) is 7.05 Å². The molecule has 0 atom stereocenters. The second kappa shape index (κ2) is 6.68. The van der Waals surface area contributed by atoms with Gasteiger partial charge in [0.15, 0.2) is 5.84 Å². The van der Waals surface area contributed by atoms with Gasteiger partial charge in [0.1, 0.15) is 5.69 Å².